The van der Waals surface area contributed by atoms with Crippen LogP contribution < -0.4 is 0 Å². The third kappa shape index (κ3) is 2.69. The monoisotopic (exact) mass is 409 g/mol. The molecule has 0 saturated heterocycles. The highest BCUT2D eigenvalue weighted by Gasteiger charge is 2.17. The minimum Gasteiger partial charge on any atom is -0.336 e. The van der Waals surface area contributed by atoms with Gasteiger partial charge in [0.05, 0.1) is 28.6 Å². The van der Waals surface area contributed by atoms with Crippen LogP contribution in [0.25, 0.3) is 56.0 Å². The molecule has 6 rings (SSSR count). The number of imidazole rings is 1. The summed E-state index contributed by atoms with van der Waals surface area (Å²) in [6, 6.07) is 8.08. The molecule has 2 N–H and O–H groups in total. The lowest BCUT2D eigenvalue weighted by atomic mass is 10.1. The second kappa shape index (κ2) is 6.57. The summed E-state index contributed by atoms with van der Waals surface area (Å²) >= 11 is 1.64. The van der Waals surface area contributed by atoms with E-state index in [-0.39, 0.29) is 0 Å². The van der Waals surface area contributed by atoms with Crippen LogP contribution in [0.15, 0.2) is 59.8 Å². The molecule has 8 heteroatoms. The molecule has 0 fully saturated rings. The van der Waals surface area contributed by atoms with Crippen LogP contribution in [0, 0.1) is 6.92 Å². The highest BCUT2D eigenvalue weighted by atomic mass is 32.1. The number of rotatable bonds is 3. The van der Waals surface area contributed by atoms with Crippen molar-refractivity contribution in [3.63, 3.8) is 0 Å². The van der Waals surface area contributed by atoms with Gasteiger partial charge in [0.1, 0.15) is 11.2 Å². The number of nitrogens with zero attached hydrogens (tertiary/aromatic N) is 5. The van der Waals surface area contributed by atoms with E-state index < -0.39 is 0 Å². The molecule has 144 valence electrons. The maximum absolute atomic E-state index is 4.85. The quantitative estimate of drug-likeness (QED) is 0.429. The fourth-order valence-corrected chi connectivity index (χ4v) is 4.25. The van der Waals surface area contributed by atoms with Crippen molar-refractivity contribution in [2.45, 2.75) is 6.92 Å². The predicted molar refractivity (Wildman–Crippen MR) is 118 cm³/mol. The number of fused-ring (bicyclic) bond motifs is 2. The molecule has 0 unspecified atom stereocenters. The first-order valence-corrected chi connectivity index (χ1v) is 10.3. The van der Waals surface area contributed by atoms with Gasteiger partial charge in [-0.3, -0.25) is 20.1 Å². The molecule has 6 aromatic heterocycles. The third-order valence-electron chi connectivity index (χ3n) is 5.04. The van der Waals surface area contributed by atoms with Crippen LogP contribution in [0.3, 0.4) is 0 Å². The lowest BCUT2D eigenvalue weighted by Gasteiger charge is -2.02. The van der Waals surface area contributed by atoms with Crippen molar-refractivity contribution >= 4 is 33.3 Å². The Hall–Kier alpha value is -3.91. The molecule has 0 saturated carbocycles. The van der Waals surface area contributed by atoms with Crippen molar-refractivity contribution in [3.8, 4) is 34.0 Å². The van der Waals surface area contributed by atoms with Crippen molar-refractivity contribution in [3.05, 3.63) is 65.4 Å². The predicted octanol–water partition coefficient (Wildman–Crippen LogP) is 5.00. The number of hydrogen-bond acceptors (Lipinski definition) is 6. The van der Waals surface area contributed by atoms with E-state index in [2.05, 4.69) is 47.6 Å². The number of aromatic nitrogens is 7. The molecule has 0 aromatic carbocycles. The van der Waals surface area contributed by atoms with Gasteiger partial charge in [-0.25, -0.2) is 4.98 Å². The Morgan fingerprint density at radius 3 is 2.77 bits per heavy atom. The Balaban J connectivity index is 1.52. The Morgan fingerprint density at radius 1 is 0.933 bits per heavy atom. The summed E-state index contributed by atoms with van der Waals surface area (Å²) in [7, 11) is 0. The van der Waals surface area contributed by atoms with Crippen molar-refractivity contribution in [1.29, 1.82) is 0 Å². The molecule has 30 heavy (non-hydrogen) atoms. The summed E-state index contributed by atoms with van der Waals surface area (Å²) < 4.78 is 0. The van der Waals surface area contributed by atoms with Crippen LogP contribution in [-0.2, 0) is 0 Å². The Bertz CT molecular complexity index is 1510. The number of aromatic amines is 2. The first-order valence-electron chi connectivity index (χ1n) is 9.40. The number of thiophene rings is 1. The highest BCUT2D eigenvalue weighted by molar-refractivity contribution is 7.08. The van der Waals surface area contributed by atoms with Gasteiger partial charge in [0, 0.05) is 40.5 Å². The fourth-order valence-electron chi connectivity index (χ4n) is 3.61. The molecule has 0 radical (unpaired) electrons. The van der Waals surface area contributed by atoms with E-state index in [1.54, 1.807) is 23.7 Å². The second-order valence-electron chi connectivity index (χ2n) is 7.09. The zero-order valence-corrected chi connectivity index (χ0v) is 16.7. The van der Waals surface area contributed by atoms with E-state index in [0.717, 1.165) is 55.7 Å². The van der Waals surface area contributed by atoms with Gasteiger partial charge in [0.15, 0.2) is 5.82 Å². The maximum Gasteiger partial charge on any atom is 0.159 e. The van der Waals surface area contributed by atoms with Gasteiger partial charge in [-0.05, 0) is 42.1 Å². The standard InChI is InChI=1S/C22H15N7S/c1-12-6-14(9-23-8-12)17-7-15-18(10-25-17)28-29-20(15)22-26-16-2-4-24-19(21(16)27-22)13-3-5-30-11-13/h2-11H,1H3,(H,26,27)(H,28,29). The van der Waals surface area contributed by atoms with Crippen LogP contribution in [-0.4, -0.2) is 35.1 Å². The van der Waals surface area contributed by atoms with Crippen molar-refractivity contribution in [1.82, 2.24) is 35.1 Å². The van der Waals surface area contributed by atoms with Crippen molar-refractivity contribution in [2.24, 2.45) is 0 Å². The van der Waals surface area contributed by atoms with Gasteiger partial charge in [0.2, 0.25) is 0 Å². The Kier molecular flexibility index (Phi) is 3.72. The number of nitrogens with one attached hydrogen (secondary N) is 2. The summed E-state index contributed by atoms with van der Waals surface area (Å²) in [6.07, 6.45) is 7.25. The largest absolute Gasteiger partial charge is 0.336 e. The van der Waals surface area contributed by atoms with Gasteiger partial charge in [-0.2, -0.15) is 16.4 Å². The topological polar surface area (TPSA) is 96.0 Å². The van der Waals surface area contributed by atoms with Gasteiger partial charge in [0.25, 0.3) is 0 Å². The zero-order valence-electron chi connectivity index (χ0n) is 15.9. The average Bonchev–Trinajstić information content (AvgIpc) is 3.51. The number of hydrogen-bond donors (Lipinski definition) is 2. The summed E-state index contributed by atoms with van der Waals surface area (Å²) in [5.41, 5.74) is 8.20. The lowest BCUT2D eigenvalue weighted by molar-refractivity contribution is 1.10. The Morgan fingerprint density at radius 2 is 1.90 bits per heavy atom. The van der Waals surface area contributed by atoms with E-state index in [0.29, 0.717) is 5.82 Å². The normalized spacial score (nSPS) is 11.5. The molecule has 0 aliphatic heterocycles. The average molecular weight is 409 g/mol. The van der Waals surface area contributed by atoms with E-state index in [9.17, 15) is 0 Å². The van der Waals surface area contributed by atoms with Crippen LogP contribution in [0.4, 0.5) is 0 Å². The molecule has 0 amide bonds. The van der Waals surface area contributed by atoms with Gasteiger partial charge in [-0.15, -0.1) is 0 Å². The van der Waals surface area contributed by atoms with Crippen LogP contribution in [0.5, 0.6) is 0 Å². The molecular formula is C22H15N7S. The first-order chi connectivity index (χ1) is 14.8. The SMILES string of the molecule is Cc1cncc(-c2cc3c(-c4nc5c(-c6ccsc6)nccc5[nH]4)n[nH]c3cn2)c1. The fraction of sp³-hybridized carbons (Fsp3) is 0.0455. The van der Waals surface area contributed by atoms with Crippen LogP contribution in [0.1, 0.15) is 5.56 Å². The van der Waals surface area contributed by atoms with Crippen molar-refractivity contribution in [2.75, 3.05) is 0 Å². The second-order valence-corrected chi connectivity index (χ2v) is 7.87. The van der Waals surface area contributed by atoms with Gasteiger partial charge in [-0.1, -0.05) is 0 Å². The molecule has 6 aromatic rings. The number of pyridine rings is 3. The van der Waals surface area contributed by atoms with Crippen LogP contribution >= 0.6 is 11.3 Å². The molecule has 0 aliphatic carbocycles. The van der Waals surface area contributed by atoms with Crippen LogP contribution in [0.2, 0.25) is 0 Å². The van der Waals surface area contributed by atoms with Gasteiger partial charge >= 0.3 is 0 Å². The highest BCUT2D eigenvalue weighted by Crippen LogP contribution is 2.32. The van der Waals surface area contributed by atoms with E-state index in [4.69, 9.17) is 4.98 Å². The van der Waals surface area contributed by atoms with Crippen molar-refractivity contribution < 1.29 is 0 Å². The molecule has 6 heterocycles. The summed E-state index contributed by atoms with van der Waals surface area (Å²) in [5.74, 6) is 0.695. The zero-order chi connectivity index (χ0) is 20.1. The minimum absolute atomic E-state index is 0.695. The van der Waals surface area contributed by atoms with E-state index in [1.165, 1.54) is 0 Å². The minimum atomic E-state index is 0.695. The number of H-pyrrole nitrogens is 2. The first kappa shape index (κ1) is 17.0. The molecule has 7 nitrogen and oxygen atoms in total. The third-order valence-corrected chi connectivity index (χ3v) is 5.72. The maximum atomic E-state index is 4.85. The summed E-state index contributed by atoms with van der Waals surface area (Å²) in [6.45, 7) is 2.02. The summed E-state index contributed by atoms with van der Waals surface area (Å²) in [4.78, 5) is 21.6. The molecular weight excluding hydrogens is 394 g/mol. The molecule has 0 atom stereocenters. The lowest BCUT2D eigenvalue weighted by Crippen LogP contribution is -1.87. The molecule has 0 aliphatic rings. The Labute approximate surface area is 174 Å². The molecule has 0 spiro atoms. The summed E-state index contributed by atoms with van der Waals surface area (Å²) in [5, 5.41) is 12.6. The number of aryl methyl sites for hydroxylation is 1. The molecule has 0 bridgehead atoms. The van der Waals surface area contributed by atoms with Gasteiger partial charge < -0.3 is 4.98 Å². The van der Waals surface area contributed by atoms with E-state index in [1.807, 2.05) is 36.8 Å². The smallest absolute Gasteiger partial charge is 0.159 e. The van der Waals surface area contributed by atoms with E-state index >= 15 is 0 Å².